The van der Waals surface area contributed by atoms with Gasteiger partial charge in [-0.1, -0.05) is 35.3 Å². The molecule has 0 radical (unpaired) electrons. The molecule has 1 aromatic rings. The van der Waals surface area contributed by atoms with Crippen LogP contribution in [0, 0.1) is 0 Å². The lowest BCUT2D eigenvalue weighted by Crippen LogP contribution is -2.02. The van der Waals surface area contributed by atoms with Crippen LogP contribution in [0.5, 0.6) is 5.75 Å². The third-order valence-electron chi connectivity index (χ3n) is 2.90. The van der Waals surface area contributed by atoms with Crippen molar-refractivity contribution in [1.29, 1.82) is 0 Å². The number of ether oxygens (including phenoxy) is 2. The monoisotopic (exact) mass is 392 g/mol. The van der Waals surface area contributed by atoms with Crippen LogP contribution in [0.15, 0.2) is 22.7 Å². The Bertz CT molecular complexity index is 393. The number of hydrogen-bond donors (Lipinski definition) is 0. The lowest BCUT2D eigenvalue weighted by atomic mass is 10.1. The predicted molar refractivity (Wildman–Crippen MR) is 97.0 cm³/mol. The van der Waals surface area contributed by atoms with Gasteiger partial charge in [-0.25, -0.2) is 0 Å². The first kappa shape index (κ1) is 19.0. The molecular formula is C15H25BrO3SSi. The minimum absolute atomic E-state index is 0.0767. The lowest BCUT2D eigenvalue weighted by molar-refractivity contribution is 0.172. The number of hydrogen-bond acceptors (Lipinski definition) is 4. The Morgan fingerprint density at radius 2 is 2.10 bits per heavy atom. The van der Waals surface area contributed by atoms with Crippen molar-refractivity contribution in [3.63, 3.8) is 0 Å². The SMILES string of the molecule is CCC[SiH2]SOCCc1cc(OCCCOC)ccc1Br. The van der Waals surface area contributed by atoms with E-state index >= 15 is 0 Å². The summed E-state index contributed by atoms with van der Waals surface area (Å²) in [6.45, 7) is 4.40. The highest BCUT2D eigenvalue weighted by atomic mass is 79.9. The first-order valence-electron chi connectivity index (χ1n) is 7.42. The molecular weight excluding hydrogens is 368 g/mol. The number of rotatable bonds is 12. The van der Waals surface area contributed by atoms with E-state index in [0.717, 1.165) is 36.3 Å². The molecule has 0 spiro atoms. The molecule has 0 atom stereocenters. The van der Waals surface area contributed by atoms with E-state index in [9.17, 15) is 0 Å². The summed E-state index contributed by atoms with van der Waals surface area (Å²) in [6, 6.07) is 7.47. The van der Waals surface area contributed by atoms with E-state index in [1.54, 1.807) is 18.6 Å². The quantitative estimate of drug-likeness (QED) is 0.305. The smallest absolute Gasteiger partial charge is 0.121 e. The molecule has 3 nitrogen and oxygen atoms in total. The molecule has 21 heavy (non-hydrogen) atoms. The molecule has 1 aromatic carbocycles. The summed E-state index contributed by atoms with van der Waals surface area (Å²) in [5, 5.41) is 0. The minimum atomic E-state index is -0.0767. The molecule has 0 aliphatic rings. The first-order chi connectivity index (χ1) is 10.3. The topological polar surface area (TPSA) is 27.7 Å². The summed E-state index contributed by atoms with van der Waals surface area (Å²) >= 11 is 5.29. The Labute approximate surface area is 142 Å². The number of halogens is 1. The van der Waals surface area contributed by atoms with Gasteiger partial charge in [-0.3, -0.25) is 0 Å². The largest absolute Gasteiger partial charge is 0.493 e. The number of methoxy groups -OCH3 is 1. The fraction of sp³-hybridized carbons (Fsp3) is 0.600. The second-order valence-electron chi connectivity index (χ2n) is 4.70. The van der Waals surface area contributed by atoms with Gasteiger partial charge in [-0.15, -0.1) is 0 Å². The molecule has 0 amide bonds. The van der Waals surface area contributed by atoms with Crippen molar-refractivity contribution in [2.45, 2.75) is 32.2 Å². The Morgan fingerprint density at radius 3 is 2.86 bits per heavy atom. The Kier molecular flexibility index (Phi) is 11.4. The molecule has 0 saturated heterocycles. The van der Waals surface area contributed by atoms with Gasteiger partial charge in [0.1, 0.15) is 14.4 Å². The van der Waals surface area contributed by atoms with Crippen molar-refractivity contribution in [2.24, 2.45) is 0 Å². The molecule has 0 unspecified atom stereocenters. The zero-order valence-corrected chi connectivity index (χ0v) is 16.7. The van der Waals surface area contributed by atoms with E-state index in [0.29, 0.717) is 6.61 Å². The van der Waals surface area contributed by atoms with Gasteiger partial charge in [0.25, 0.3) is 0 Å². The fourth-order valence-electron chi connectivity index (χ4n) is 1.70. The van der Waals surface area contributed by atoms with Crippen LogP contribution in [0.4, 0.5) is 0 Å². The van der Waals surface area contributed by atoms with Gasteiger partial charge >= 0.3 is 0 Å². The summed E-state index contributed by atoms with van der Waals surface area (Å²) in [5.41, 5.74) is 1.23. The standard InChI is InChI=1S/C15H25BrO3SSi/c1-3-11-21-20-19-10-7-13-12-14(5-6-15(13)16)18-9-4-8-17-2/h5-6,12H,3-4,7-11,21H2,1-2H3. The minimum Gasteiger partial charge on any atom is -0.493 e. The van der Waals surface area contributed by atoms with Crippen molar-refractivity contribution in [3.05, 3.63) is 28.2 Å². The Hall–Kier alpha value is -0.0131. The zero-order valence-electron chi connectivity index (χ0n) is 12.9. The molecule has 0 heterocycles. The highest BCUT2D eigenvalue weighted by Gasteiger charge is 2.03. The van der Waals surface area contributed by atoms with Crippen LogP contribution in [0.25, 0.3) is 0 Å². The van der Waals surface area contributed by atoms with Crippen molar-refractivity contribution in [2.75, 3.05) is 26.9 Å². The van der Waals surface area contributed by atoms with Crippen molar-refractivity contribution in [3.8, 4) is 5.75 Å². The van der Waals surface area contributed by atoms with Crippen LogP contribution in [-0.4, -0.2) is 35.6 Å². The van der Waals surface area contributed by atoms with E-state index in [1.165, 1.54) is 18.0 Å². The van der Waals surface area contributed by atoms with Gasteiger partial charge in [0.05, 0.1) is 13.2 Å². The van der Waals surface area contributed by atoms with Crippen LogP contribution in [0.1, 0.15) is 25.3 Å². The molecule has 0 aliphatic carbocycles. The highest BCUT2D eigenvalue weighted by Crippen LogP contribution is 2.23. The lowest BCUT2D eigenvalue weighted by Gasteiger charge is -2.10. The summed E-state index contributed by atoms with van der Waals surface area (Å²) in [7, 11) is 1.63. The van der Waals surface area contributed by atoms with Crippen molar-refractivity contribution < 1.29 is 13.7 Å². The zero-order chi connectivity index (χ0) is 15.3. The Morgan fingerprint density at radius 1 is 1.24 bits per heavy atom. The van der Waals surface area contributed by atoms with Gasteiger partial charge in [-0.2, -0.15) is 0 Å². The molecule has 0 saturated carbocycles. The van der Waals surface area contributed by atoms with Crippen molar-refractivity contribution in [1.82, 2.24) is 0 Å². The summed E-state index contributed by atoms with van der Waals surface area (Å²) in [5.74, 6) is 0.914. The normalized spacial score (nSPS) is 11.4. The van der Waals surface area contributed by atoms with Crippen molar-refractivity contribution >= 4 is 36.1 Å². The van der Waals surface area contributed by atoms with Gasteiger partial charge in [0, 0.05) is 24.6 Å². The molecule has 0 bridgehead atoms. The van der Waals surface area contributed by atoms with E-state index in [4.69, 9.17) is 13.7 Å². The second-order valence-corrected chi connectivity index (χ2v) is 9.07. The van der Waals surface area contributed by atoms with Crippen LogP contribution < -0.4 is 4.74 Å². The van der Waals surface area contributed by atoms with Crippen LogP contribution in [-0.2, 0) is 15.3 Å². The first-order valence-corrected chi connectivity index (χ1v) is 11.9. The third-order valence-corrected chi connectivity index (χ3v) is 7.03. The summed E-state index contributed by atoms with van der Waals surface area (Å²) < 4.78 is 17.5. The average molecular weight is 393 g/mol. The van der Waals surface area contributed by atoms with Crippen LogP contribution in [0.2, 0.25) is 6.04 Å². The molecule has 0 aromatic heterocycles. The van der Waals surface area contributed by atoms with Crippen LogP contribution >= 0.6 is 27.4 Å². The van der Waals surface area contributed by atoms with E-state index < -0.39 is 0 Å². The molecule has 0 fully saturated rings. The molecule has 6 heteroatoms. The number of benzene rings is 1. The van der Waals surface area contributed by atoms with Gasteiger partial charge < -0.3 is 13.7 Å². The maximum Gasteiger partial charge on any atom is 0.121 e. The third kappa shape index (κ3) is 8.88. The average Bonchev–Trinajstić information content (AvgIpc) is 2.50. The van der Waals surface area contributed by atoms with Crippen LogP contribution in [0.3, 0.4) is 0 Å². The summed E-state index contributed by atoms with van der Waals surface area (Å²) in [4.78, 5) is 0. The van der Waals surface area contributed by atoms with Gasteiger partial charge in [0.15, 0.2) is 0 Å². The predicted octanol–water partition coefficient (Wildman–Crippen LogP) is 3.98. The van der Waals surface area contributed by atoms with E-state index in [1.807, 2.05) is 12.1 Å². The Balaban J connectivity index is 2.31. The highest BCUT2D eigenvalue weighted by molar-refractivity contribution is 9.10. The maximum absolute atomic E-state index is 5.72. The summed E-state index contributed by atoms with van der Waals surface area (Å²) in [6.07, 6.45) is 3.09. The second kappa shape index (κ2) is 12.5. The fourth-order valence-corrected chi connectivity index (χ4v) is 4.80. The molecule has 0 N–H and O–H groups in total. The van der Waals surface area contributed by atoms with E-state index in [2.05, 4.69) is 28.9 Å². The molecule has 0 aliphatic heterocycles. The molecule has 120 valence electrons. The van der Waals surface area contributed by atoms with E-state index in [-0.39, 0.29) is 8.67 Å². The maximum atomic E-state index is 5.72. The van der Waals surface area contributed by atoms with Gasteiger partial charge in [0.2, 0.25) is 0 Å². The van der Waals surface area contributed by atoms with Gasteiger partial charge in [-0.05, 0) is 41.7 Å². The molecule has 1 rings (SSSR count).